The van der Waals surface area contributed by atoms with Gasteiger partial charge in [-0.05, 0) is 6.07 Å². The number of nitrogens with one attached hydrogen (secondary N) is 1. The van der Waals surface area contributed by atoms with Crippen molar-refractivity contribution in [2.75, 3.05) is 6.54 Å². The molecule has 0 aliphatic carbocycles. The number of aliphatic hydroxyl groups excluding tert-OH is 1. The Hall–Kier alpha value is -1.77. The number of hydrogen-bond acceptors (Lipinski definition) is 3. The van der Waals surface area contributed by atoms with Crippen LogP contribution in [0.15, 0.2) is 12.3 Å². The Morgan fingerprint density at radius 1 is 1.44 bits per heavy atom. The Balaban J connectivity index is 2.70. The quantitative estimate of drug-likeness (QED) is 0.636. The lowest BCUT2D eigenvalue weighted by Crippen LogP contribution is -2.41. The van der Waals surface area contributed by atoms with E-state index in [2.05, 4.69) is 4.98 Å². The zero-order chi connectivity index (χ0) is 13.9. The van der Waals surface area contributed by atoms with Gasteiger partial charge in [0.15, 0.2) is 11.9 Å². The van der Waals surface area contributed by atoms with Gasteiger partial charge in [-0.3, -0.25) is 4.79 Å². The molecule has 4 nitrogen and oxygen atoms in total. The van der Waals surface area contributed by atoms with Crippen LogP contribution < -0.4 is 5.32 Å². The average Bonchev–Trinajstić information content (AvgIpc) is 2.27. The molecule has 0 aliphatic rings. The number of carbonyl (C=O) groups excluding carboxylic acids is 1. The second-order valence-electron chi connectivity index (χ2n) is 3.23. The topological polar surface area (TPSA) is 62.2 Å². The third-order valence-corrected chi connectivity index (χ3v) is 1.93. The maximum atomic E-state index is 13.0. The number of aliphatic hydroxyl groups is 1. The van der Waals surface area contributed by atoms with Crippen molar-refractivity contribution in [3.05, 3.63) is 29.6 Å². The summed E-state index contributed by atoms with van der Waals surface area (Å²) >= 11 is 0. The molecule has 0 fully saturated rings. The molecule has 1 aromatic heterocycles. The molecule has 9 heteroatoms. The molecule has 0 radical (unpaired) electrons. The molecular weight excluding hydrogens is 263 g/mol. The first-order valence-electron chi connectivity index (χ1n) is 4.56. The van der Waals surface area contributed by atoms with E-state index in [4.69, 9.17) is 5.11 Å². The highest BCUT2D eigenvalue weighted by atomic mass is 19.4. The standard InChI is InChI=1S/C9H7F5N2O2/c10-6-4(1-2-15-7(6)11)8(18)16-3-5(17)9(12,13)14/h1-2,5,17H,3H2,(H,16,18). The number of nitrogens with zero attached hydrogens (tertiary/aromatic N) is 1. The van der Waals surface area contributed by atoms with Crippen molar-refractivity contribution in [3.8, 4) is 0 Å². The van der Waals surface area contributed by atoms with Gasteiger partial charge in [-0.1, -0.05) is 0 Å². The summed E-state index contributed by atoms with van der Waals surface area (Å²) in [6.45, 7) is -1.16. The van der Waals surface area contributed by atoms with Crippen LogP contribution in [0.1, 0.15) is 10.4 Å². The summed E-state index contributed by atoms with van der Waals surface area (Å²) in [5, 5.41) is 10.2. The Morgan fingerprint density at radius 2 is 2.06 bits per heavy atom. The highest BCUT2D eigenvalue weighted by molar-refractivity contribution is 5.94. The molecule has 0 aliphatic heterocycles. The van der Waals surface area contributed by atoms with Gasteiger partial charge in [-0.2, -0.15) is 17.6 Å². The first-order chi connectivity index (χ1) is 8.23. The van der Waals surface area contributed by atoms with Gasteiger partial charge in [0.25, 0.3) is 5.91 Å². The Bertz CT molecular complexity index is 449. The van der Waals surface area contributed by atoms with Crippen LogP contribution >= 0.6 is 0 Å². The third kappa shape index (κ3) is 3.36. The van der Waals surface area contributed by atoms with E-state index >= 15 is 0 Å². The number of amides is 1. The second-order valence-corrected chi connectivity index (χ2v) is 3.23. The molecule has 0 saturated heterocycles. The van der Waals surface area contributed by atoms with Gasteiger partial charge >= 0.3 is 6.18 Å². The fourth-order valence-corrected chi connectivity index (χ4v) is 0.994. The van der Waals surface area contributed by atoms with E-state index in [1.165, 1.54) is 0 Å². The van der Waals surface area contributed by atoms with Gasteiger partial charge in [0.2, 0.25) is 5.95 Å². The second kappa shape index (κ2) is 5.25. The molecule has 1 atom stereocenters. The minimum Gasteiger partial charge on any atom is -0.382 e. The number of alkyl halides is 3. The molecule has 1 rings (SSSR count). The van der Waals surface area contributed by atoms with Gasteiger partial charge in [0, 0.05) is 6.20 Å². The molecule has 1 heterocycles. The summed E-state index contributed by atoms with van der Waals surface area (Å²) in [6, 6.07) is 0.799. The fourth-order valence-electron chi connectivity index (χ4n) is 0.994. The molecule has 2 N–H and O–H groups in total. The fraction of sp³-hybridized carbons (Fsp3) is 0.333. The zero-order valence-corrected chi connectivity index (χ0v) is 8.63. The monoisotopic (exact) mass is 270 g/mol. The summed E-state index contributed by atoms with van der Waals surface area (Å²) in [6.07, 6.45) is -6.90. The minimum absolute atomic E-state index is 0.785. The normalized spacial score (nSPS) is 13.2. The van der Waals surface area contributed by atoms with Crippen LogP contribution in [0, 0.1) is 11.8 Å². The Morgan fingerprint density at radius 3 is 2.61 bits per heavy atom. The van der Waals surface area contributed by atoms with Crippen LogP contribution in [-0.2, 0) is 0 Å². The van der Waals surface area contributed by atoms with E-state index in [0.717, 1.165) is 12.3 Å². The number of pyridine rings is 1. The summed E-state index contributed by atoms with van der Waals surface area (Å²) < 4.78 is 61.4. The van der Waals surface area contributed by atoms with E-state index in [-0.39, 0.29) is 0 Å². The summed E-state index contributed by atoms with van der Waals surface area (Å²) in [7, 11) is 0. The Kier molecular flexibility index (Phi) is 4.17. The van der Waals surface area contributed by atoms with Crippen molar-refractivity contribution in [1.29, 1.82) is 0 Å². The van der Waals surface area contributed by atoms with Crippen molar-refractivity contribution < 1.29 is 31.9 Å². The third-order valence-electron chi connectivity index (χ3n) is 1.93. The van der Waals surface area contributed by atoms with E-state index in [1.54, 1.807) is 5.32 Å². The molecule has 100 valence electrons. The van der Waals surface area contributed by atoms with Crippen molar-refractivity contribution in [3.63, 3.8) is 0 Å². The lowest BCUT2D eigenvalue weighted by molar-refractivity contribution is -0.201. The van der Waals surface area contributed by atoms with Gasteiger partial charge in [0.05, 0.1) is 12.1 Å². The molecule has 1 aromatic rings. The highest BCUT2D eigenvalue weighted by Crippen LogP contribution is 2.19. The Labute approximate surface area is 97.4 Å². The highest BCUT2D eigenvalue weighted by Gasteiger charge is 2.38. The smallest absolute Gasteiger partial charge is 0.382 e. The largest absolute Gasteiger partial charge is 0.416 e. The van der Waals surface area contributed by atoms with E-state index in [9.17, 15) is 26.7 Å². The minimum atomic E-state index is -4.91. The van der Waals surface area contributed by atoms with E-state index in [1.807, 2.05) is 0 Å². The van der Waals surface area contributed by atoms with Crippen molar-refractivity contribution in [2.45, 2.75) is 12.3 Å². The van der Waals surface area contributed by atoms with Crippen LogP contribution in [0.5, 0.6) is 0 Å². The van der Waals surface area contributed by atoms with Crippen molar-refractivity contribution in [2.24, 2.45) is 0 Å². The molecule has 0 spiro atoms. The predicted octanol–water partition coefficient (Wildman–Crippen LogP) is 1.01. The van der Waals surface area contributed by atoms with Crippen LogP contribution in [-0.4, -0.2) is 34.8 Å². The maximum Gasteiger partial charge on any atom is 0.416 e. The predicted molar refractivity (Wildman–Crippen MR) is 48.5 cm³/mol. The molecular formula is C9H7F5N2O2. The SMILES string of the molecule is O=C(NCC(O)C(F)(F)F)c1ccnc(F)c1F. The number of aromatic nitrogens is 1. The maximum absolute atomic E-state index is 13.0. The van der Waals surface area contributed by atoms with E-state index in [0.29, 0.717) is 0 Å². The first-order valence-corrected chi connectivity index (χ1v) is 4.56. The number of carbonyl (C=O) groups is 1. The number of rotatable bonds is 3. The summed E-state index contributed by atoms with van der Waals surface area (Å²) in [4.78, 5) is 14.1. The number of halogens is 5. The molecule has 1 unspecified atom stereocenters. The van der Waals surface area contributed by atoms with Crippen LogP contribution in [0.4, 0.5) is 22.0 Å². The van der Waals surface area contributed by atoms with Gasteiger partial charge in [-0.15, -0.1) is 0 Å². The average molecular weight is 270 g/mol. The lowest BCUT2D eigenvalue weighted by atomic mass is 10.2. The summed E-state index contributed by atoms with van der Waals surface area (Å²) in [5.74, 6) is -4.40. The summed E-state index contributed by atoms with van der Waals surface area (Å²) in [5.41, 5.74) is -0.795. The molecule has 0 aromatic carbocycles. The van der Waals surface area contributed by atoms with E-state index < -0.39 is 42.1 Å². The lowest BCUT2D eigenvalue weighted by Gasteiger charge is -2.15. The van der Waals surface area contributed by atoms with Crippen molar-refractivity contribution in [1.82, 2.24) is 10.3 Å². The van der Waals surface area contributed by atoms with Crippen molar-refractivity contribution >= 4 is 5.91 Å². The first kappa shape index (κ1) is 14.3. The van der Waals surface area contributed by atoms with Gasteiger partial charge in [0.1, 0.15) is 0 Å². The van der Waals surface area contributed by atoms with Crippen LogP contribution in [0.2, 0.25) is 0 Å². The van der Waals surface area contributed by atoms with Crippen LogP contribution in [0.25, 0.3) is 0 Å². The van der Waals surface area contributed by atoms with Gasteiger partial charge in [-0.25, -0.2) is 9.37 Å². The zero-order valence-electron chi connectivity index (χ0n) is 8.63. The number of hydrogen-bond donors (Lipinski definition) is 2. The molecule has 0 bridgehead atoms. The van der Waals surface area contributed by atoms with Gasteiger partial charge < -0.3 is 10.4 Å². The molecule has 1 amide bonds. The molecule has 0 saturated carbocycles. The molecule has 18 heavy (non-hydrogen) atoms. The van der Waals surface area contributed by atoms with Crippen LogP contribution in [0.3, 0.4) is 0 Å².